The zero-order valence-corrected chi connectivity index (χ0v) is 9.06. The van der Waals surface area contributed by atoms with Crippen molar-refractivity contribution in [2.24, 2.45) is 0 Å². The molecule has 3 nitrogen and oxygen atoms in total. The van der Waals surface area contributed by atoms with E-state index in [-0.39, 0.29) is 0 Å². The zero-order chi connectivity index (χ0) is 10.7. The third kappa shape index (κ3) is 2.94. The van der Waals surface area contributed by atoms with E-state index in [1.54, 1.807) is 18.2 Å². The lowest BCUT2D eigenvalue weighted by molar-refractivity contribution is 0.524. The molecule has 0 aliphatic heterocycles. The Balaban J connectivity index is 1.99. The number of aromatic nitrogens is 2. The Labute approximate surface area is 94.7 Å². The average molecular weight is 245 g/mol. The summed E-state index contributed by atoms with van der Waals surface area (Å²) in [5, 5.41) is 0.912. The maximum atomic E-state index is 12.6. The lowest BCUT2D eigenvalue weighted by Crippen LogP contribution is -1.89. The third-order valence-electron chi connectivity index (χ3n) is 1.59. The molecule has 15 heavy (non-hydrogen) atoms. The first-order valence-electron chi connectivity index (χ1n) is 4.09. The minimum Gasteiger partial charge on any atom is -0.449 e. The van der Waals surface area contributed by atoms with E-state index in [4.69, 9.17) is 16.0 Å². The molecule has 0 atom stereocenters. The van der Waals surface area contributed by atoms with Crippen LogP contribution >= 0.6 is 23.4 Å². The highest BCUT2D eigenvalue weighted by atomic mass is 35.5. The van der Waals surface area contributed by atoms with Crippen LogP contribution in [0.15, 0.2) is 33.8 Å². The predicted molar refractivity (Wildman–Crippen MR) is 55.3 cm³/mol. The topological polar surface area (TPSA) is 38.9 Å². The number of halogens is 2. The van der Waals surface area contributed by atoms with E-state index >= 15 is 0 Å². The number of nitrogens with zero attached hydrogens (tertiary/aromatic N) is 2. The average Bonchev–Trinajstić information content (AvgIpc) is 2.62. The minimum atomic E-state index is -0.725. The van der Waals surface area contributed by atoms with Gasteiger partial charge in [-0.15, -0.1) is 0 Å². The normalized spacial score (nSPS) is 10.5. The third-order valence-corrected chi connectivity index (χ3v) is 2.75. The van der Waals surface area contributed by atoms with Crippen molar-refractivity contribution in [2.75, 3.05) is 0 Å². The summed E-state index contributed by atoms with van der Waals surface area (Å²) < 4.78 is 17.8. The van der Waals surface area contributed by atoms with Crippen molar-refractivity contribution in [3.63, 3.8) is 0 Å². The van der Waals surface area contributed by atoms with E-state index in [0.29, 0.717) is 16.0 Å². The summed E-state index contributed by atoms with van der Waals surface area (Å²) in [4.78, 5) is 6.97. The SMILES string of the molecule is Fc1nccc(SCc2ccc(Cl)o2)n1. The van der Waals surface area contributed by atoms with Gasteiger partial charge in [0.05, 0.1) is 5.75 Å². The molecule has 0 bridgehead atoms. The molecule has 0 aliphatic rings. The first-order valence-corrected chi connectivity index (χ1v) is 5.46. The molecule has 2 rings (SSSR count). The van der Waals surface area contributed by atoms with E-state index in [2.05, 4.69) is 9.97 Å². The first-order chi connectivity index (χ1) is 7.24. The molecule has 0 saturated carbocycles. The minimum absolute atomic E-state index is 0.347. The van der Waals surface area contributed by atoms with Gasteiger partial charge < -0.3 is 4.42 Å². The Morgan fingerprint density at radius 2 is 2.27 bits per heavy atom. The molecule has 0 saturated heterocycles. The molecule has 2 heterocycles. The number of thioether (sulfide) groups is 1. The molecule has 0 amide bonds. The first kappa shape index (κ1) is 10.4. The van der Waals surface area contributed by atoms with Crippen molar-refractivity contribution in [3.05, 3.63) is 41.5 Å². The summed E-state index contributed by atoms with van der Waals surface area (Å²) >= 11 is 6.96. The van der Waals surface area contributed by atoms with Gasteiger partial charge in [-0.3, -0.25) is 0 Å². The van der Waals surface area contributed by atoms with Crippen LogP contribution in [0.5, 0.6) is 0 Å². The summed E-state index contributed by atoms with van der Waals surface area (Å²) in [7, 11) is 0. The fourth-order valence-corrected chi connectivity index (χ4v) is 1.88. The van der Waals surface area contributed by atoms with Gasteiger partial charge in [-0.1, -0.05) is 11.8 Å². The Hall–Kier alpha value is -1.07. The molecule has 0 unspecified atom stereocenters. The van der Waals surface area contributed by atoms with Crippen LogP contribution in [0.25, 0.3) is 0 Å². The summed E-state index contributed by atoms with van der Waals surface area (Å²) in [5.74, 6) is 1.28. The van der Waals surface area contributed by atoms with Gasteiger partial charge in [0.15, 0.2) is 5.22 Å². The van der Waals surface area contributed by atoms with Crippen LogP contribution in [0.1, 0.15) is 5.76 Å². The smallest absolute Gasteiger partial charge is 0.309 e. The van der Waals surface area contributed by atoms with Crippen molar-refractivity contribution in [1.82, 2.24) is 9.97 Å². The van der Waals surface area contributed by atoms with Crippen LogP contribution in [-0.4, -0.2) is 9.97 Å². The molecule has 2 aromatic heterocycles. The number of furan rings is 1. The zero-order valence-electron chi connectivity index (χ0n) is 7.48. The second kappa shape index (κ2) is 4.63. The van der Waals surface area contributed by atoms with Gasteiger partial charge in [0.1, 0.15) is 10.8 Å². The molecular formula is C9H6ClFN2OS. The summed E-state index contributed by atoms with van der Waals surface area (Å²) in [6.45, 7) is 0. The largest absolute Gasteiger partial charge is 0.449 e. The van der Waals surface area contributed by atoms with E-state index in [1.165, 1.54) is 18.0 Å². The van der Waals surface area contributed by atoms with Crippen molar-refractivity contribution in [3.8, 4) is 0 Å². The monoisotopic (exact) mass is 244 g/mol. The van der Waals surface area contributed by atoms with Crippen molar-refractivity contribution in [2.45, 2.75) is 10.8 Å². The van der Waals surface area contributed by atoms with Gasteiger partial charge in [-0.05, 0) is 29.8 Å². The number of hydrogen-bond acceptors (Lipinski definition) is 4. The van der Waals surface area contributed by atoms with Crippen LogP contribution < -0.4 is 0 Å². The van der Waals surface area contributed by atoms with Gasteiger partial charge in [-0.2, -0.15) is 9.37 Å². The van der Waals surface area contributed by atoms with Crippen LogP contribution in [-0.2, 0) is 5.75 Å². The Bertz CT molecular complexity index is 463. The van der Waals surface area contributed by atoms with Crippen molar-refractivity contribution < 1.29 is 8.81 Å². The van der Waals surface area contributed by atoms with Crippen LogP contribution in [0.3, 0.4) is 0 Å². The predicted octanol–water partition coefficient (Wildman–Crippen LogP) is 3.15. The lowest BCUT2D eigenvalue weighted by atomic mass is 10.5. The molecule has 78 valence electrons. The Morgan fingerprint density at radius 1 is 1.40 bits per heavy atom. The van der Waals surface area contributed by atoms with Gasteiger partial charge in [0, 0.05) is 6.20 Å². The second-order valence-corrected chi connectivity index (χ2v) is 4.03. The van der Waals surface area contributed by atoms with Gasteiger partial charge >= 0.3 is 6.08 Å². The summed E-state index contributed by atoms with van der Waals surface area (Å²) in [5.41, 5.74) is 0. The van der Waals surface area contributed by atoms with Crippen LogP contribution in [0, 0.1) is 6.08 Å². The van der Waals surface area contributed by atoms with Gasteiger partial charge in [0.2, 0.25) is 0 Å². The lowest BCUT2D eigenvalue weighted by Gasteiger charge is -1.97. The highest BCUT2D eigenvalue weighted by molar-refractivity contribution is 7.98. The van der Waals surface area contributed by atoms with Gasteiger partial charge in [-0.25, -0.2) is 4.98 Å². The highest BCUT2D eigenvalue weighted by Crippen LogP contribution is 2.23. The maximum Gasteiger partial charge on any atom is 0.309 e. The van der Waals surface area contributed by atoms with E-state index in [9.17, 15) is 4.39 Å². The molecule has 0 radical (unpaired) electrons. The molecule has 0 spiro atoms. The molecule has 6 heteroatoms. The summed E-state index contributed by atoms with van der Waals surface area (Å²) in [6, 6.07) is 5.07. The van der Waals surface area contributed by atoms with E-state index < -0.39 is 6.08 Å². The molecule has 0 aliphatic carbocycles. The Morgan fingerprint density at radius 3 is 2.93 bits per heavy atom. The van der Waals surface area contributed by atoms with Crippen LogP contribution in [0.4, 0.5) is 4.39 Å². The standard InChI is InChI=1S/C9H6ClFN2OS/c10-7-2-1-6(14-7)5-15-8-3-4-12-9(11)13-8/h1-4H,5H2. The van der Waals surface area contributed by atoms with Crippen LogP contribution in [0.2, 0.25) is 5.22 Å². The number of hydrogen-bond donors (Lipinski definition) is 0. The molecule has 2 aromatic rings. The summed E-state index contributed by atoms with van der Waals surface area (Å²) in [6.07, 6.45) is 0.650. The van der Waals surface area contributed by atoms with Gasteiger partial charge in [0.25, 0.3) is 0 Å². The fourth-order valence-electron chi connectivity index (χ4n) is 0.974. The second-order valence-electron chi connectivity index (χ2n) is 2.66. The maximum absolute atomic E-state index is 12.6. The van der Waals surface area contributed by atoms with Crippen molar-refractivity contribution >= 4 is 23.4 Å². The van der Waals surface area contributed by atoms with Crippen molar-refractivity contribution in [1.29, 1.82) is 0 Å². The van der Waals surface area contributed by atoms with E-state index in [1.807, 2.05) is 0 Å². The molecular weight excluding hydrogens is 239 g/mol. The molecule has 0 aromatic carbocycles. The highest BCUT2D eigenvalue weighted by Gasteiger charge is 2.03. The number of rotatable bonds is 3. The molecule has 0 N–H and O–H groups in total. The molecule has 0 fully saturated rings. The van der Waals surface area contributed by atoms with E-state index in [0.717, 1.165) is 5.76 Å². The fraction of sp³-hybridized carbons (Fsp3) is 0.111. The quantitative estimate of drug-likeness (QED) is 0.472. The Kier molecular flexibility index (Phi) is 3.23.